The third-order valence-corrected chi connectivity index (χ3v) is 8.68. The van der Waals surface area contributed by atoms with E-state index in [1.54, 1.807) is 0 Å². The van der Waals surface area contributed by atoms with Gasteiger partial charge in [-0.25, -0.2) is 0 Å². The molecule has 0 aromatic carbocycles. The molecular formula is C38H76O4. The van der Waals surface area contributed by atoms with E-state index in [2.05, 4.69) is 13.8 Å². The molecule has 0 amide bonds. The largest absolute Gasteiger partial charge is 0.457 e. The van der Waals surface area contributed by atoms with Gasteiger partial charge in [0.2, 0.25) is 0 Å². The van der Waals surface area contributed by atoms with Crippen LogP contribution in [0.2, 0.25) is 0 Å². The van der Waals surface area contributed by atoms with E-state index in [4.69, 9.17) is 9.47 Å². The zero-order chi connectivity index (χ0) is 30.6. The summed E-state index contributed by atoms with van der Waals surface area (Å²) in [6.07, 6.45) is 40.0. The summed E-state index contributed by atoms with van der Waals surface area (Å²) in [5, 5.41) is 9.55. The Hall–Kier alpha value is -0.610. The molecule has 1 atom stereocenters. The molecule has 0 radical (unpaired) electrons. The number of unbranched alkanes of at least 4 members (excludes halogenated alkanes) is 28. The Morgan fingerprint density at radius 1 is 0.476 bits per heavy atom. The average Bonchev–Trinajstić information content (AvgIpc) is 3.00. The summed E-state index contributed by atoms with van der Waals surface area (Å²) in [6, 6.07) is 0. The highest BCUT2D eigenvalue weighted by molar-refractivity contribution is 5.69. The predicted octanol–water partition coefficient (Wildman–Crippen LogP) is 12.0. The molecule has 0 fully saturated rings. The van der Waals surface area contributed by atoms with Crippen molar-refractivity contribution < 1.29 is 19.4 Å². The number of aliphatic hydroxyl groups excluding tert-OH is 1. The lowest BCUT2D eigenvalue weighted by atomic mass is 10.0. The number of carbonyl (C=O) groups is 1. The Kier molecular flexibility index (Phi) is 36.0. The lowest BCUT2D eigenvalue weighted by Crippen LogP contribution is -2.27. The van der Waals surface area contributed by atoms with Gasteiger partial charge in [-0.2, -0.15) is 0 Å². The van der Waals surface area contributed by atoms with Crippen LogP contribution in [0.1, 0.15) is 213 Å². The van der Waals surface area contributed by atoms with Crippen molar-refractivity contribution in [3.63, 3.8) is 0 Å². The van der Waals surface area contributed by atoms with E-state index in [0.29, 0.717) is 19.6 Å². The second-order valence-corrected chi connectivity index (χ2v) is 13.0. The highest BCUT2D eigenvalue weighted by Gasteiger charge is 2.13. The van der Waals surface area contributed by atoms with E-state index in [1.807, 2.05) is 0 Å². The maximum Gasteiger partial charge on any atom is 0.306 e. The number of rotatable bonds is 36. The maximum atomic E-state index is 12.1. The van der Waals surface area contributed by atoms with Crippen molar-refractivity contribution >= 4 is 5.97 Å². The number of hydrogen-bond donors (Lipinski definition) is 1. The topological polar surface area (TPSA) is 55.8 Å². The Morgan fingerprint density at radius 2 is 0.786 bits per heavy atom. The molecule has 252 valence electrons. The summed E-state index contributed by atoms with van der Waals surface area (Å²) in [7, 11) is 0. The first-order valence-electron chi connectivity index (χ1n) is 19.1. The fourth-order valence-corrected chi connectivity index (χ4v) is 5.80. The van der Waals surface area contributed by atoms with Gasteiger partial charge in [-0.1, -0.05) is 194 Å². The highest BCUT2D eigenvalue weighted by atomic mass is 16.6. The summed E-state index contributed by atoms with van der Waals surface area (Å²) < 4.78 is 11.1. The number of esters is 1. The van der Waals surface area contributed by atoms with Crippen LogP contribution in [-0.4, -0.2) is 37.0 Å². The van der Waals surface area contributed by atoms with Crippen molar-refractivity contribution in [1.82, 2.24) is 0 Å². The molecule has 0 saturated heterocycles. The van der Waals surface area contributed by atoms with Crippen molar-refractivity contribution in [3.05, 3.63) is 0 Å². The molecule has 0 aromatic heterocycles. The van der Waals surface area contributed by atoms with Gasteiger partial charge in [0, 0.05) is 13.0 Å². The molecule has 0 aliphatic heterocycles. The predicted molar refractivity (Wildman–Crippen MR) is 182 cm³/mol. The third-order valence-electron chi connectivity index (χ3n) is 8.68. The van der Waals surface area contributed by atoms with Crippen molar-refractivity contribution in [2.45, 2.75) is 219 Å². The molecule has 0 rings (SSSR count). The Labute approximate surface area is 263 Å². The molecule has 0 heterocycles. The Bertz CT molecular complexity index is 509. The monoisotopic (exact) mass is 597 g/mol. The fourth-order valence-electron chi connectivity index (χ4n) is 5.80. The lowest BCUT2D eigenvalue weighted by Gasteiger charge is -2.16. The number of carbonyl (C=O) groups excluding carboxylic acids is 1. The van der Waals surface area contributed by atoms with Crippen molar-refractivity contribution in [3.8, 4) is 0 Å². The SMILES string of the molecule is CCCCCCCCCCCCCCCCCCCC(=O)OC(CO)COCCCCCCCCCCCCCCC. The summed E-state index contributed by atoms with van der Waals surface area (Å²) in [5.74, 6) is -0.195. The molecule has 0 spiro atoms. The molecule has 42 heavy (non-hydrogen) atoms. The summed E-state index contributed by atoms with van der Waals surface area (Å²) in [4.78, 5) is 12.1. The van der Waals surface area contributed by atoms with Crippen LogP contribution in [0.3, 0.4) is 0 Å². The smallest absolute Gasteiger partial charge is 0.306 e. The molecule has 4 heteroatoms. The highest BCUT2D eigenvalue weighted by Crippen LogP contribution is 2.15. The molecule has 0 aliphatic carbocycles. The second kappa shape index (κ2) is 36.6. The third kappa shape index (κ3) is 33.9. The first kappa shape index (κ1) is 41.4. The van der Waals surface area contributed by atoms with Crippen LogP contribution in [0.25, 0.3) is 0 Å². The van der Waals surface area contributed by atoms with Crippen LogP contribution in [0.4, 0.5) is 0 Å². The van der Waals surface area contributed by atoms with E-state index in [0.717, 1.165) is 19.3 Å². The first-order valence-corrected chi connectivity index (χ1v) is 19.1. The zero-order valence-corrected chi connectivity index (χ0v) is 28.8. The molecule has 0 aliphatic rings. The van der Waals surface area contributed by atoms with Crippen LogP contribution in [0.5, 0.6) is 0 Å². The van der Waals surface area contributed by atoms with Gasteiger partial charge in [-0.15, -0.1) is 0 Å². The average molecular weight is 597 g/mol. The molecule has 0 bridgehead atoms. The molecule has 1 N–H and O–H groups in total. The maximum absolute atomic E-state index is 12.1. The minimum absolute atomic E-state index is 0.163. The van der Waals surface area contributed by atoms with Crippen molar-refractivity contribution in [2.24, 2.45) is 0 Å². The van der Waals surface area contributed by atoms with Crippen LogP contribution in [0, 0.1) is 0 Å². The molecule has 0 aromatic rings. The number of aliphatic hydroxyl groups is 1. The lowest BCUT2D eigenvalue weighted by molar-refractivity contribution is -0.154. The van der Waals surface area contributed by atoms with Gasteiger partial charge >= 0.3 is 5.97 Å². The van der Waals surface area contributed by atoms with E-state index in [9.17, 15) is 9.90 Å². The standard InChI is InChI=1S/C38H76O4/c1-3-5-7-9-11-13-15-17-18-19-20-21-23-25-27-29-31-33-38(40)42-37(35-39)36-41-34-32-30-28-26-24-22-16-14-12-10-8-6-4-2/h37,39H,3-36H2,1-2H3. The van der Waals surface area contributed by atoms with Gasteiger partial charge in [-0.3, -0.25) is 4.79 Å². The minimum Gasteiger partial charge on any atom is -0.457 e. The van der Waals surface area contributed by atoms with E-state index in [-0.39, 0.29) is 12.6 Å². The van der Waals surface area contributed by atoms with Crippen molar-refractivity contribution in [1.29, 1.82) is 0 Å². The van der Waals surface area contributed by atoms with Gasteiger partial charge in [-0.05, 0) is 12.8 Å². The Balaban J connectivity index is 3.37. The van der Waals surface area contributed by atoms with Crippen molar-refractivity contribution in [2.75, 3.05) is 19.8 Å². The zero-order valence-electron chi connectivity index (χ0n) is 28.8. The van der Waals surface area contributed by atoms with E-state index < -0.39 is 6.10 Å². The molecule has 0 saturated carbocycles. The summed E-state index contributed by atoms with van der Waals surface area (Å²) >= 11 is 0. The van der Waals surface area contributed by atoms with Crippen LogP contribution in [0.15, 0.2) is 0 Å². The Morgan fingerprint density at radius 3 is 1.12 bits per heavy atom. The van der Waals surface area contributed by atoms with Gasteiger partial charge in [0.15, 0.2) is 0 Å². The van der Waals surface area contributed by atoms with Crippen LogP contribution >= 0.6 is 0 Å². The number of hydrogen-bond acceptors (Lipinski definition) is 4. The summed E-state index contributed by atoms with van der Waals surface area (Å²) in [5.41, 5.74) is 0. The molecule has 4 nitrogen and oxygen atoms in total. The van der Waals surface area contributed by atoms with Gasteiger partial charge in [0.1, 0.15) is 6.10 Å². The van der Waals surface area contributed by atoms with Gasteiger partial charge in [0.25, 0.3) is 0 Å². The van der Waals surface area contributed by atoms with E-state index >= 15 is 0 Å². The molecular weight excluding hydrogens is 520 g/mol. The summed E-state index contributed by atoms with van der Waals surface area (Å²) in [6.45, 7) is 5.39. The number of ether oxygens (including phenoxy) is 2. The van der Waals surface area contributed by atoms with Crippen LogP contribution < -0.4 is 0 Å². The minimum atomic E-state index is -0.523. The van der Waals surface area contributed by atoms with E-state index in [1.165, 1.54) is 173 Å². The first-order chi connectivity index (χ1) is 20.7. The fraction of sp³-hybridized carbons (Fsp3) is 0.974. The van der Waals surface area contributed by atoms with Crippen LogP contribution in [-0.2, 0) is 14.3 Å². The van der Waals surface area contributed by atoms with Gasteiger partial charge < -0.3 is 14.6 Å². The second-order valence-electron chi connectivity index (χ2n) is 13.0. The van der Waals surface area contributed by atoms with Gasteiger partial charge in [0.05, 0.1) is 13.2 Å². The normalized spacial score (nSPS) is 12.2. The quantitative estimate of drug-likeness (QED) is 0.0577. The molecule has 1 unspecified atom stereocenters.